The fourth-order valence-electron chi connectivity index (χ4n) is 2.34. The Hall–Kier alpha value is -2.70. The number of piperazine rings is 1. The van der Waals surface area contributed by atoms with Gasteiger partial charge in [-0.1, -0.05) is 30.3 Å². The van der Waals surface area contributed by atoms with Crippen LogP contribution in [0.4, 0.5) is 0 Å². The summed E-state index contributed by atoms with van der Waals surface area (Å²) in [5.41, 5.74) is 0.776. The summed E-state index contributed by atoms with van der Waals surface area (Å²) in [4.78, 5) is 30.0. The van der Waals surface area contributed by atoms with E-state index in [0.717, 1.165) is 5.56 Å². The average molecular weight is 285 g/mol. The minimum Gasteiger partial charge on any atom is -0.339 e. The van der Waals surface area contributed by atoms with Crippen molar-refractivity contribution in [2.45, 2.75) is 12.6 Å². The quantitative estimate of drug-likeness (QED) is 0.862. The van der Waals surface area contributed by atoms with Crippen LogP contribution in [0, 0.1) is 0 Å². The van der Waals surface area contributed by atoms with Gasteiger partial charge in [-0.3, -0.25) is 14.3 Å². The van der Waals surface area contributed by atoms with Gasteiger partial charge >= 0.3 is 0 Å². The monoisotopic (exact) mass is 285 g/mol. The van der Waals surface area contributed by atoms with E-state index in [1.54, 1.807) is 11.7 Å². The molecule has 1 fully saturated rings. The summed E-state index contributed by atoms with van der Waals surface area (Å²) in [6.07, 6.45) is 1.43. The number of hydrogen-bond acceptors (Lipinski definition) is 4. The van der Waals surface area contributed by atoms with Gasteiger partial charge in [0.2, 0.25) is 5.91 Å². The van der Waals surface area contributed by atoms with E-state index in [1.165, 1.54) is 11.2 Å². The van der Waals surface area contributed by atoms with E-state index in [0.29, 0.717) is 5.82 Å². The first kappa shape index (κ1) is 13.3. The van der Waals surface area contributed by atoms with Crippen LogP contribution >= 0.6 is 0 Å². The van der Waals surface area contributed by atoms with Crippen LogP contribution in [0.5, 0.6) is 0 Å². The molecule has 2 aromatic rings. The lowest BCUT2D eigenvalue weighted by molar-refractivity contribution is -0.145. The van der Waals surface area contributed by atoms with Gasteiger partial charge in [0.25, 0.3) is 5.91 Å². The maximum absolute atomic E-state index is 12.6. The van der Waals surface area contributed by atoms with Crippen LogP contribution in [-0.4, -0.2) is 38.0 Å². The van der Waals surface area contributed by atoms with Crippen molar-refractivity contribution in [3.8, 4) is 0 Å². The first-order valence-electron chi connectivity index (χ1n) is 6.61. The third-order valence-corrected chi connectivity index (χ3v) is 3.47. The van der Waals surface area contributed by atoms with Crippen LogP contribution < -0.4 is 5.32 Å². The number of rotatable bonds is 3. The van der Waals surface area contributed by atoms with Gasteiger partial charge in [-0.25, -0.2) is 4.98 Å². The zero-order chi connectivity index (χ0) is 14.8. The van der Waals surface area contributed by atoms with Crippen LogP contribution in [0.1, 0.15) is 17.4 Å². The second kappa shape index (κ2) is 5.35. The molecule has 2 amide bonds. The van der Waals surface area contributed by atoms with Gasteiger partial charge < -0.3 is 10.2 Å². The number of aromatic nitrogens is 3. The normalized spacial score (nSPS) is 18.7. The van der Waals surface area contributed by atoms with Crippen LogP contribution in [0.15, 0.2) is 36.7 Å². The van der Waals surface area contributed by atoms with Crippen LogP contribution in [-0.2, 0) is 23.2 Å². The van der Waals surface area contributed by atoms with Crippen molar-refractivity contribution < 1.29 is 9.59 Å². The Balaban J connectivity index is 1.84. The predicted octanol–water partition coefficient (Wildman–Crippen LogP) is 0.0148. The van der Waals surface area contributed by atoms with Gasteiger partial charge in [0.1, 0.15) is 24.7 Å². The van der Waals surface area contributed by atoms with E-state index in [2.05, 4.69) is 15.4 Å². The highest BCUT2D eigenvalue weighted by molar-refractivity contribution is 5.95. The third-order valence-electron chi connectivity index (χ3n) is 3.47. The summed E-state index contributed by atoms with van der Waals surface area (Å²) in [6, 6.07) is 8.58. The van der Waals surface area contributed by atoms with E-state index >= 15 is 0 Å². The van der Waals surface area contributed by atoms with E-state index in [4.69, 9.17) is 0 Å². The van der Waals surface area contributed by atoms with Crippen molar-refractivity contribution in [1.82, 2.24) is 25.0 Å². The molecule has 108 valence electrons. The van der Waals surface area contributed by atoms with Crippen molar-refractivity contribution in [3.05, 3.63) is 48.0 Å². The van der Waals surface area contributed by atoms with E-state index in [9.17, 15) is 9.59 Å². The molecule has 1 atom stereocenters. The summed E-state index contributed by atoms with van der Waals surface area (Å²) < 4.78 is 1.59. The zero-order valence-electron chi connectivity index (χ0n) is 11.6. The number of benzene rings is 1. The molecule has 1 aromatic carbocycles. The van der Waals surface area contributed by atoms with Crippen molar-refractivity contribution in [2.75, 3.05) is 6.54 Å². The highest BCUT2D eigenvalue weighted by Crippen LogP contribution is 2.20. The molecule has 21 heavy (non-hydrogen) atoms. The summed E-state index contributed by atoms with van der Waals surface area (Å²) in [5.74, 6) is 0.333. The second-order valence-electron chi connectivity index (χ2n) is 4.91. The number of amides is 2. The molecule has 7 nitrogen and oxygen atoms in total. The molecule has 1 N–H and O–H groups in total. The molecule has 1 aliphatic rings. The van der Waals surface area contributed by atoms with Gasteiger partial charge in [-0.15, -0.1) is 0 Å². The smallest absolute Gasteiger partial charge is 0.250 e. The predicted molar refractivity (Wildman–Crippen MR) is 73.7 cm³/mol. The maximum atomic E-state index is 12.6. The Morgan fingerprint density at radius 3 is 2.71 bits per heavy atom. The standard InChI is InChI=1S/C14H15N5O2/c1-18-11(15-9-16-18)7-19-8-12(20)17-13(14(19)21)10-5-3-2-4-6-10/h2-6,9,13H,7-8H2,1H3,(H,17,20). The lowest BCUT2D eigenvalue weighted by atomic mass is 10.0. The van der Waals surface area contributed by atoms with Gasteiger partial charge in [0.15, 0.2) is 0 Å². The Kier molecular flexibility index (Phi) is 3.39. The topological polar surface area (TPSA) is 80.1 Å². The molecular formula is C14H15N5O2. The van der Waals surface area contributed by atoms with E-state index in [-0.39, 0.29) is 24.9 Å². The molecular weight excluding hydrogens is 270 g/mol. The van der Waals surface area contributed by atoms with E-state index in [1.807, 2.05) is 30.3 Å². The summed E-state index contributed by atoms with van der Waals surface area (Å²) in [5, 5.41) is 6.70. The molecule has 1 unspecified atom stereocenters. The minimum absolute atomic E-state index is 0.0367. The van der Waals surface area contributed by atoms with Crippen molar-refractivity contribution in [1.29, 1.82) is 0 Å². The van der Waals surface area contributed by atoms with Gasteiger partial charge in [-0.05, 0) is 5.56 Å². The van der Waals surface area contributed by atoms with Gasteiger partial charge in [0, 0.05) is 7.05 Å². The highest BCUT2D eigenvalue weighted by Gasteiger charge is 2.34. The summed E-state index contributed by atoms with van der Waals surface area (Å²) in [6.45, 7) is 0.307. The van der Waals surface area contributed by atoms with Crippen LogP contribution in [0.2, 0.25) is 0 Å². The fourth-order valence-corrected chi connectivity index (χ4v) is 2.34. The highest BCUT2D eigenvalue weighted by atomic mass is 16.2. The third kappa shape index (κ3) is 2.62. The van der Waals surface area contributed by atoms with Crippen molar-refractivity contribution >= 4 is 11.8 Å². The SMILES string of the molecule is Cn1ncnc1CN1CC(=O)NC(c2ccccc2)C1=O. The molecule has 1 aromatic heterocycles. The summed E-state index contributed by atoms with van der Waals surface area (Å²) >= 11 is 0. The number of carbonyl (C=O) groups excluding carboxylic acids is 2. The first-order chi connectivity index (χ1) is 10.1. The number of aryl methyl sites for hydroxylation is 1. The van der Waals surface area contributed by atoms with Crippen LogP contribution in [0.3, 0.4) is 0 Å². The number of carbonyl (C=O) groups is 2. The number of hydrogen-bond donors (Lipinski definition) is 1. The van der Waals surface area contributed by atoms with Crippen LogP contribution in [0.25, 0.3) is 0 Å². The number of nitrogens with zero attached hydrogens (tertiary/aromatic N) is 4. The first-order valence-corrected chi connectivity index (χ1v) is 6.61. The lowest BCUT2D eigenvalue weighted by Gasteiger charge is -2.32. The molecule has 7 heteroatoms. The van der Waals surface area contributed by atoms with Crippen molar-refractivity contribution in [2.24, 2.45) is 7.05 Å². The molecule has 0 spiro atoms. The Bertz CT molecular complexity index is 667. The largest absolute Gasteiger partial charge is 0.339 e. The molecule has 0 radical (unpaired) electrons. The molecule has 0 saturated carbocycles. The Morgan fingerprint density at radius 2 is 2.05 bits per heavy atom. The minimum atomic E-state index is -0.638. The second-order valence-corrected chi connectivity index (χ2v) is 4.91. The van der Waals surface area contributed by atoms with E-state index < -0.39 is 6.04 Å². The maximum Gasteiger partial charge on any atom is 0.250 e. The van der Waals surface area contributed by atoms with Gasteiger partial charge in [-0.2, -0.15) is 5.10 Å². The summed E-state index contributed by atoms with van der Waals surface area (Å²) in [7, 11) is 1.76. The van der Waals surface area contributed by atoms with Gasteiger partial charge in [0.05, 0.1) is 6.54 Å². The molecule has 1 aliphatic heterocycles. The molecule has 0 aliphatic carbocycles. The zero-order valence-corrected chi connectivity index (χ0v) is 11.6. The fraction of sp³-hybridized carbons (Fsp3) is 0.286. The lowest BCUT2D eigenvalue weighted by Crippen LogP contribution is -2.53. The molecule has 2 heterocycles. The number of nitrogens with one attached hydrogen (secondary N) is 1. The average Bonchev–Trinajstić information content (AvgIpc) is 2.89. The molecule has 1 saturated heterocycles. The Labute approximate surface area is 121 Å². The molecule has 0 bridgehead atoms. The van der Waals surface area contributed by atoms with Crippen molar-refractivity contribution in [3.63, 3.8) is 0 Å². The Morgan fingerprint density at radius 1 is 1.29 bits per heavy atom. The molecule has 3 rings (SSSR count).